The molecule has 0 heterocycles. The van der Waals surface area contributed by atoms with Gasteiger partial charge in [0.25, 0.3) is 5.91 Å². The summed E-state index contributed by atoms with van der Waals surface area (Å²) in [5.74, 6) is 4.75. The van der Waals surface area contributed by atoms with Gasteiger partial charge < -0.3 is 4.74 Å². The first-order valence-electron chi connectivity index (χ1n) is 4.49. The third-order valence-corrected chi connectivity index (χ3v) is 1.63. The van der Waals surface area contributed by atoms with Gasteiger partial charge in [-0.3, -0.25) is 10.2 Å². The van der Waals surface area contributed by atoms with Gasteiger partial charge in [0.2, 0.25) is 0 Å². The molecule has 0 aromatic rings. The molecule has 0 bridgehead atoms. The number of ether oxygens (including phenoxy) is 1. The monoisotopic (exact) mass is 186 g/mol. The molecule has 1 amide bonds. The van der Waals surface area contributed by atoms with Crippen LogP contribution in [0.25, 0.3) is 0 Å². The van der Waals surface area contributed by atoms with Crippen LogP contribution in [0.15, 0.2) is 12.7 Å². The molecular formula is C9H18N2O2. The zero-order valence-corrected chi connectivity index (χ0v) is 8.08. The Morgan fingerprint density at radius 2 is 2.46 bits per heavy atom. The second-order valence-corrected chi connectivity index (χ2v) is 2.73. The molecule has 0 saturated heterocycles. The third kappa shape index (κ3) is 5.38. The number of hydrogen-bond acceptors (Lipinski definition) is 3. The van der Waals surface area contributed by atoms with Crippen LogP contribution in [-0.4, -0.2) is 18.6 Å². The predicted molar refractivity (Wildman–Crippen MR) is 51.8 cm³/mol. The van der Waals surface area contributed by atoms with Gasteiger partial charge in [-0.2, -0.15) is 0 Å². The van der Waals surface area contributed by atoms with E-state index in [9.17, 15) is 4.79 Å². The summed E-state index contributed by atoms with van der Waals surface area (Å²) in [6.45, 7) is 6.07. The molecule has 0 radical (unpaired) electrons. The van der Waals surface area contributed by atoms with Gasteiger partial charge in [0, 0.05) is 0 Å². The fraction of sp³-hybridized carbons (Fsp3) is 0.667. The molecule has 3 N–H and O–H groups in total. The largest absolute Gasteiger partial charge is 0.368 e. The summed E-state index contributed by atoms with van der Waals surface area (Å²) in [6.07, 6.45) is 3.67. The first-order valence-corrected chi connectivity index (χ1v) is 4.49. The maximum Gasteiger partial charge on any atom is 0.262 e. The van der Waals surface area contributed by atoms with E-state index >= 15 is 0 Å². The molecule has 4 nitrogen and oxygen atoms in total. The van der Waals surface area contributed by atoms with Crippen LogP contribution in [0.1, 0.15) is 26.2 Å². The van der Waals surface area contributed by atoms with Gasteiger partial charge in [-0.05, 0) is 12.8 Å². The van der Waals surface area contributed by atoms with Gasteiger partial charge >= 0.3 is 0 Å². The van der Waals surface area contributed by atoms with E-state index in [1.165, 1.54) is 0 Å². The minimum atomic E-state index is -0.421. The molecule has 0 spiro atoms. The molecule has 76 valence electrons. The van der Waals surface area contributed by atoms with Gasteiger partial charge in [-0.1, -0.05) is 19.4 Å². The van der Waals surface area contributed by atoms with Crippen LogP contribution < -0.4 is 11.3 Å². The standard InChI is InChI=1S/C9H18N2O2/c1-3-5-7-13-8(6-4-2)9(12)11-10/h3,8H,1,4-7,10H2,2H3,(H,11,12). The molecule has 0 aromatic carbocycles. The van der Waals surface area contributed by atoms with Crippen molar-refractivity contribution < 1.29 is 9.53 Å². The number of hydrogen-bond donors (Lipinski definition) is 2. The topological polar surface area (TPSA) is 64.3 Å². The first kappa shape index (κ1) is 12.1. The maximum atomic E-state index is 11.1. The van der Waals surface area contributed by atoms with Gasteiger partial charge in [-0.25, -0.2) is 5.84 Å². The van der Waals surface area contributed by atoms with Crippen LogP contribution in [0.3, 0.4) is 0 Å². The van der Waals surface area contributed by atoms with Crippen LogP contribution in [0, 0.1) is 0 Å². The second-order valence-electron chi connectivity index (χ2n) is 2.73. The van der Waals surface area contributed by atoms with Crippen molar-refractivity contribution in [2.45, 2.75) is 32.3 Å². The van der Waals surface area contributed by atoms with Crippen LogP contribution in [0.5, 0.6) is 0 Å². The highest BCUT2D eigenvalue weighted by atomic mass is 16.5. The minimum absolute atomic E-state index is 0.258. The highest BCUT2D eigenvalue weighted by Crippen LogP contribution is 2.02. The summed E-state index contributed by atoms with van der Waals surface area (Å²) >= 11 is 0. The van der Waals surface area contributed by atoms with Crippen molar-refractivity contribution in [2.75, 3.05) is 6.61 Å². The van der Waals surface area contributed by atoms with E-state index < -0.39 is 6.10 Å². The second kappa shape index (κ2) is 7.76. The Hall–Kier alpha value is -0.870. The zero-order valence-electron chi connectivity index (χ0n) is 8.08. The molecule has 0 aliphatic heterocycles. The summed E-state index contributed by atoms with van der Waals surface area (Å²) in [4.78, 5) is 11.1. The summed E-state index contributed by atoms with van der Waals surface area (Å²) in [6, 6.07) is 0. The normalized spacial score (nSPS) is 12.2. The lowest BCUT2D eigenvalue weighted by molar-refractivity contribution is -0.133. The Labute approximate surface area is 79.1 Å². The van der Waals surface area contributed by atoms with Crippen molar-refractivity contribution in [3.63, 3.8) is 0 Å². The molecule has 0 aliphatic rings. The molecule has 1 atom stereocenters. The molecule has 0 fully saturated rings. The zero-order chi connectivity index (χ0) is 10.1. The quantitative estimate of drug-likeness (QED) is 0.203. The van der Waals surface area contributed by atoms with E-state index in [0.29, 0.717) is 13.0 Å². The number of hydrazine groups is 1. The number of nitrogens with two attached hydrogens (primary N) is 1. The van der Waals surface area contributed by atoms with E-state index in [0.717, 1.165) is 12.8 Å². The van der Waals surface area contributed by atoms with E-state index in [4.69, 9.17) is 10.6 Å². The van der Waals surface area contributed by atoms with Crippen LogP contribution >= 0.6 is 0 Å². The van der Waals surface area contributed by atoms with Crippen molar-refractivity contribution in [2.24, 2.45) is 5.84 Å². The average Bonchev–Trinajstić information content (AvgIpc) is 2.16. The van der Waals surface area contributed by atoms with E-state index in [-0.39, 0.29) is 5.91 Å². The molecule has 4 heteroatoms. The van der Waals surface area contributed by atoms with Crippen molar-refractivity contribution in [3.8, 4) is 0 Å². The Bertz CT molecular complexity index is 160. The van der Waals surface area contributed by atoms with E-state index in [2.05, 4.69) is 12.0 Å². The van der Waals surface area contributed by atoms with Crippen molar-refractivity contribution in [1.29, 1.82) is 0 Å². The predicted octanol–water partition coefficient (Wildman–Crippen LogP) is 0.738. The fourth-order valence-corrected chi connectivity index (χ4v) is 0.939. The number of carbonyl (C=O) groups excluding carboxylic acids is 1. The number of rotatable bonds is 7. The van der Waals surface area contributed by atoms with Gasteiger partial charge in [0.15, 0.2) is 0 Å². The van der Waals surface area contributed by atoms with Crippen LogP contribution in [0.2, 0.25) is 0 Å². The van der Waals surface area contributed by atoms with Crippen molar-refractivity contribution >= 4 is 5.91 Å². The molecule has 1 unspecified atom stereocenters. The van der Waals surface area contributed by atoms with E-state index in [1.807, 2.05) is 6.92 Å². The summed E-state index contributed by atoms with van der Waals surface area (Å²) in [5.41, 5.74) is 2.09. The number of amides is 1. The molecule has 0 rings (SSSR count). The Morgan fingerprint density at radius 1 is 1.77 bits per heavy atom. The molecule has 0 aliphatic carbocycles. The third-order valence-electron chi connectivity index (χ3n) is 1.63. The SMILES string of the molecule is C=CCCOC(CCC)C(=O)NN. The molecular weight excluding hydrogens is 168 g/mol. The lowest BCUT2D eigenvalue weighted by Crippen LogP contribution is -2.40. The Balaban J connectivity index is 3.79. The maximum absolute atomic E-state index is 11.1. The lowest BCUT2D eigenvalue weighted by Gasteiger charge is -2.14. The number of carbonyl (C=O) groups is 1. The lowest BCUT2D eigenvalue weighted by atomic mass is 10.2. The first-order chi connectivity index (χ1) is 6.26. The summed E-state index contributed by atoms with van der Waals surface area (Å²) in [7, 11) is 0. The van der Waals surface area contributed by atoms with Gasteiger partial charge in [0.1, 0.15) is 6.10 Å². The molecule has 0 aromatic heterocycles. The minimum Gasteiger partial charge on any atom is -0.368 e. The van der Waals surface area contributed by atoms with Gasteiger partial charge in [0.05, 0.1) is 6.61 Å². The summed E-state index contributed by atoms with van der Waals surface area (Å²) in [5, 5.41) is 0. The number of nitrogens with one attached hydrogen (secondary N) is 1. The van der Waals surface area contributed by atoms with Gasteiger partial charge in [-0.15, -0.1) is 6.58 Å². The van der Waals surface area contributed by atoms with Crippen LogP contribution in [0.4, 0.5) is 0 Å². The van der Waals surface area contributed by atoms with E-state index in [1.54, 1.807) is 6.08 Å². The van der Waals surface area contributed by atoms with Crippen molar-refractivity contribution in [3.05, 3.63) is 12.7 Å². The smallest absolute Gasteiger partial charge is 0.262 e. The molecule has 0 saturated carbocycles. The highest BCUT2D eigenvalue weighted by molar-refractivity contribution is 5.80. The highest BCUT2D eigenvalue weighted by Gasteiger charge is 2.15. The summed E-state index contributed by atoms with van der Waals surface area (Å²) < 4.78 is 5.31. The van der Waals surface area contributed by atoms with Crippen LogP contribution in [-0.2, 0) is 9.53 Å². The average molecular weight is 186 g/mol. The molecule has 13 heavy (non-hydrogen) atoms. The fourth-order valence-electron chi connectivity index (χ4n) is 0.939. The Kier molecular flexibility index (Phi) is 7.24. The van der Waals surface area contributed by atoms with Crippen molar-refractivity contribution in [1.82, 2.24) is 5.43 Å². The Morgan fingerprint density at radius 3 is 2.92 bits per heavy atom.